The number of carbonyl (C=O) groups excluding carboxylic acids is 1. The number of amides is 1. The summed E-state index contributed by atoms with van der Waals surface area (Å²) in [7, 11) is 0. The molecule has 0 saturated heterocycles. The van der Waals surface area contributed by atoms with E-state index in [-0.39, 0.29) is 17.3 Å². The third kappa shape index (κ3) is 2.91. The number of nitrogens with two attached hydrogens (primary N) is 1. The minimum Gasteiger partial charge on any atom is -0.399 e. The SMILES string of the molecule is Nc1ccc(NC(=O)Cn2ccsc2=O)c(Cl)c1. The summed E-state index contributed by atoms with van der Waals surface area (Å²) in [6.45, 7) is -0.0387. The molecule has 0 aliphatic heterocycles. The highest BCUT2D eigenvalue weighted by molar-refractivity contribution is 7.07. The van der Waals surface area contributed by atoms with Gasteiger partial charge in [0.15, 0.2) is 0 Å². The van der Waals surface area contributed by atoms with E-state index in [1.807, 2.05) is 0 Å². The van der Waals surface area contributed by atoms with Crippen LogP contribution in [0.2, 0.25) is 5.02 Å². The second kappa shape index (κ2) is 5.24. The lowest BCUT2D eigenvalue weighted by atomic mass is 10.3. The molecule has 0 bridgehead atoms. The third-order valence-electron chi connectivity index (χ3n) is 2.23. The van der Waals surface area contributed by atoms with E-state index < -0.39 is 0 Å². The lowest BCUT2D eigenvalue weighted by Crippen LogP contribution is -2.23. The molecule has 3 N–H and O–H groups in total. The second-order valence-electron chi connectivity index (χ2n) is 3.58. The smallest absolute Gasteiger partial charge is 0.307 e. The van der Waals surface area contributed by atoms with Gasteiger partial charge in [-0.2, -0.15) is 0 Å². The molecule has 0 unspecified atom stereocenters. The summed E-state index contributed by atoms with van der Waals surface area (Å²) in [4.78, 5) is 22.8. The van der Waals surface area contributed by atoms with Gasteiger partial charge in [0, 0.05) is 17.3 Å². The molecule has 0 radical (unpaired) electrons. The van der Waals surface area contributed by atoms with E-state index in [1.165, 1.54) is 4.57 Å². The van der Waals surface area contributed by atoms with Crippen molar-refractivity contribution >= 4 is 40.2 Å². The van der Waals surface area contributed by atoms with Crippen LogP contribution in [-0.4, -0.2) is 10.5 Å². The Hall–Kier alpha value is -1.79. The maximum atomic E-state index is 11.7. The van der Waals surface area contributed by atoms with Crippen molar-refractivity contribution in [2.75, 3.05) is 11.1 Å². The zero-order valence-electron chi connectivity index (χ0n) is 9.22. The van der Waals surface area contributed by atoms with E-state index in [1.54, 1.807) is 29.8 Å². The largest absolute Gasteiger partial charge is 0.399 e. The minimum atomic E-state index is -0.317. The molecule has 7 heteroatoms. The molecule has 18 heavy (non-hydrogen) atoms. The van der Waals surface area contributed by atoms with Gasteiger partial charge in [-0.15, -0.1) is 0 Å². The first-order chi connectivity index (χ1) is 8.56. The monoisotopic (exact) mass is 283 g/mol. The standard InChI is InChI=1S/C11H10ClN3O2S/c12-8-5-7(13)1-2-9(8)14-10(16)6-15-3-4-18-11(15)17/h1-5H,6,13H2,(H,14,16). The molecule has 0 spiro atoms. The van der Waals surface area contributed by atoms with Crippen LogP contribution >= 0.6 is 22.9 Å². The van der Waals surface area contributed by atoms with Gasteiger partial charge in [-0.25, -0.2) is 0 Å². The third-order valence-corrected chi connectivity index (χ3v) is 3.23. The summed E-state index contributed by atoms with van der Waals surface area (Å²) in [5.41, 5.74) is 6.54. The molecule has 2 rings (SSSR count). The second-order valence-corrected chi connectivity index (χ2v) is 4.85. The van der Waals surface area contributed by atoms with Gasteiger partial charge in [-0.05, 0) is 18.2 Å². The van der Waals surface area contributed by atoms with Crippen LogP contribution in [0.15, 0.2) is 34.6 Å². The van der Waals surface area contributed by atoms with Crippen LogP contribution in [0.5, 0.6) is 0 Å². The molecule has 1 aromatic carbocycles. The molecule has 94 valence electrons. The highest BCUT2D eigenvalue weighted by atomic mass is 35.5. The average Bonchev–Trinajstić information content (AvgIpc) is 2.69. The topological polar surface area (TPSA) is 77.1 Å². The van der Waals surface area contributed by atoms with Crippen molar-refractivity contribution < 1.29 is 4.79 Å². The molecular weight excluding hydrogens is 274 g/mol. The van der Waals surface area contributed by atoms with Crippen molar-refractivity contribution in [3.63, 3.8) is 0 Å². The van der Waals surface area contributed by atoms with Crippen LogP contribution in [0.3, 0.4) is 0 Å². The van der Waals surface area contributed by atoms with Crippen LogP contribution in [-0.2, 0) is 11.3 Å². The Bertz CT molecular complexity index is 635. The van der Waals surface area contributed by atoms with Crippen LogP contribution in [0.4, 0.5) is 11.4 Å². The van der Waals surface area contributed by atoms with E-state index >= 15 is 0 Å². The van der Waals surface area contributed by atoms with E-state index in [0.717, 1.165) is 11.3 Å². The van der Waals surface area contributed by atoms with Crippen molar-refractivity contribution in [2.45, 2.75) is 6.54 Å². The zero-order chi connectivity index (χ0) is 13.1. The normalized spacial score (nSPS) is 10.3. The van der Waals surface area contributed by atoms with Crippen molar-refractivity contribution in [1.82, 2.24) is 4.57 Å². The molecule has 0 atom stereocenters. The van der Waals surface area contributed by atoms with E-state index in [9.17, 15) is 9.59 Å². The van der Waals surface area contributed by atoms with Gasteiger partial charge in [0.1, 0.15) is 6.54 Å². The van der Waals surface area contributed by atoms with Gasteiger partial charge in [-0.3, -0.25) is 14.2 Å². The number of hydrogen-bond acceptors (Lipinski definition) is 4. The van der Waals surface area contributed by atoms with Gasteiger partial charge in [-0.1, -0.05) is 22.9 Å². The summed E-state index contributed by atoms with van der Waals surface area (Å²) in [6, 6.07) is 4.80. The van der Waals surface area contributed by atoms with Crippen molar-refractivity contribution in [3.8, 4) is 0 Å². The molecular formula is C11H10ClN3O2S. The minimum absolute atomic E-state index is 0.0387. The van der Waals surface area contributed by atoms with E-state index in [4.69, 9.17) is 17.3 Å². The molecule has 0 aliphatic carbocycles. The lowest BCUT2D eigenvalue weighted by molar-refractivity contribution is -0.116. The maximum Gasteiger partial charge on any atom is 0.307 e. The Labute approximate surface area is 112 Å². The summed E-state index contributed by atoms with van der Waals surface area (Å²) < 4.78 is 1.32. The molecule has 1 heterocycles. The number of halogens is 1. The molecule has 0 aliphatic rings. The van der Waals surface area contributed by atoms with Gasteiger partial charge in [0.25, 0.3) is 0 Å². The Morgan fingerprint density at radius 3 is 2.89 bits per heavy atom. The Morgan fingerprint density at radius 2 is 2.28 bits per heavy atom. The number of thiazole rings is 1. The van der Waals surface area contributed by atoms with Crippen LogP contribution in [0, 0.1) is 0 Å². The number of rotatable bonds is 3. The number of hydrogen-bond donors (Lipinski definition) is 2. The first-order valence-corrected chi connectivity index (χ1v) is 6.31. The number of benzene rings is 1. The van der Waals surface area contributed by atoms with Crippen molar-refractivity contribution in [1.29, 1.82) is 0 Å². The molecule has 1 amide bonds. The fourth-order valence-corrected chi connectivity index (χ4v) is 2.21. The van der Waals surface area contributed by atoms with E-state index in [0.29, 0.717) is 16.4 Å². The summed E-state index contributed by atoms with van der Waals surface area (Å²) >= 11 is 6.97. The number of aromatic nitrogens is 1. The Balaban J connectivity index is 2.08. The van der Waals surface area contributed by atoms with Gasteiger partial charge in [0.05, 0.1) is 10.7 Å². The van der Waals surface area contributed by atoms with Gasteiger partial charge in [0.2, 0.25) is 5.91 Å². The van der Waals surface area contributed by atoms with Crippen LogP contribution < -0.4 is 15.9 Å². The lowest BCUT2D eigenvalue weighted by Gasteiger charge is -2.07. The number of nitrogens with one attached hydrogen (secondary N) is 1. The molecule has 0 saturated carbocycles. The molecule has 5 nitrogen and oxygen atoms in total. The highest BCUT2D eigenvalue weighted by Gasteiger charge is 2.08. The summed E-state index contributed by atoms with van der Waals surface area (Å²) in [5.74, 6) is -0.317. The van der Waals surface area contributed by atoms with Gasteiger partial charge < -0.3 is 11.1 Å². The first-order valence-electron chi connectivity index (χ1n) is 5.05. The fourth-order valence-electron chi connectivity index (χ4n) is 1.39. The predicted octanol–water partition coefficient (Wildman–Crippen LogP) is 1.78. The molecule has 1 aromatic heterocycles. The average molecular weight is 284 g/mol. The highest BCUT2D eigenvalue weighted by Crippen LogP contribution is 2.23. The zero-order valence-corrected chi connectivity index (χ0v) is 10.8. The van der Waals surface area contributed by atoms with Crippen molar-refractivity contribution in [2.24, 2.45) is 0 Å². The van der Waals surface area contributed by atoms with E-state index in [2.05, 4.69) is 5.32 Å². The van der Waals surface area contributed by atoms with Gasteiger partial charge >= 0.3 is 4.87 Å². The fraction of sp³-hybridized carbons (Fsp3) is 0.0909. The quantitative estimate of drug-likeness (QED) is 0.843. The Kier molecular flexibility index (Phi) is 3.69. The summed E-state index contributed by atoms with van der Waals surface area (Å²) in [5, 5.41) is 4.61. The summed E-state index contributed by atoms with van der Waals surface area (Å²) in [6.07, 6.45) is 1.57. The Morgan fingerprint density at radius 1 is 1.50 bits per heavy atom. The van der Waals surface area contributed by atoms with Crippen LogP contribution in [0.25, 0.3) is 0 Å². The number of nitrogens with zero attached hydrogens (tertiary/aromatic N) is 1. The molecule has 2 aromatic rings. The predicted molar refractivity (Wildman–Crippen MR) is 73.1 cm³/mol. The van der Waals surface area contributed by atoms with Crippen molar-refractivity contribution in [3.05, 3.63) is 44.5 Å². The number of carbonyl (C=O) groups is 1. The molecule has 0 fully saturated rings. The number of anilines is 2. The maximum absolute atomic E-state index is 11.7. The number of nitrogen functional groups attached to an aromatic ring is 1. The van der Waals surface area contributed by atoms with Crippen LogP contribution in [0.1, 0.15) is 0 Å². The first kappa shape index (κ1) is 12.7.